The van der Waals surface area contributed by atoms with Crippen molar-refractivity contribution >= 4 is 50.7 Å². The average molecular weight is 647 g/mol. The van der Waals surface area contributed by atoms with Crippen molar-refractivity contribution in [1.29, 1.82) is 0 Å². The normalized spacial score (nSPS) is 14.5. The Labute approximate surface area is 264 Å². The van der Waals surface area contributed by atoms with Crippen molar-refractivity contribution in [2.45, 2.75) is 57.2 Å². The second kappa shape index (κ2) is 14.9. The Balaban J connectivity index is 1.75. The Hall–Kier alpha value is -3.27. The molecule has 3 aromatic rings. The lowest BCUT2D eigenvalue weighted by Crippen LogP contribution is -2.55. The topological polar surface area (TPSA) is 96.0 Å². The monoisotopic (exact) mass is 645 g/mol. The van der Waals surface area contributed by atoms with Crippen LogP contribution in [0.5, 0.6) is 5.75 Å². The van der Waals surface area contributed by atoms with Crippen LogP contribution in [-0.2, 0) is 32.6 Å². The highest BCUT2D eigenvalue weighted by Crippen LogP contribution is 2.29. The summed E-state index contributed by atoms with van der Waals surface area (Å²) in [6, 6.07) is 19.9. The van der Waals surface area contributed by atoms with Crippen molar-refractivity contribution in [3.05, 3.63) is 94.0 Å². The Bertz CT molecular complexity index is 1480. The third-order valence-electron chi connectivity index (χ3n) is 7.65. The van der Waals surface area contributed by atoms with Gasteiger partial charge in [0.2, 0.25) is 21.8 Å². The number of sulfonamides is 1. The van der Waals surface area contributed by atoms with Gasteiger partial charge < -0.3 is 15.0 Å². The number of rotatable bonds is 12. The highest BCUT2D eigenvalue weighted by Gasteiger charge is 2.34. The van der Waals surface area contributed by atoms with Gasteiger partial charge in [-0.1, -0.05) is 78.9 Å². The fourth-order valence-electron chi connectivity index (χ4n) is 5.31. The Kier molecular flexibility index (Phi) is 11.3. The third kappa shape index (κ3) is 8.87. The molecule has 0 radical (unpaired) electrons. The number of amides is 2. The fourth-order valence-corrected chi connectivity index (χ4v) is 6.68. The number of methoxy groups -OCH3 is 1. The number of anilines is 1. The van der Waals surface area contributed by atoms with Gasteiger partial charge in [0.25, 0.3) is 0 Å². The van der Waals surface area contributed by atoms with Gasteiger partial charge in [0, 0.05) is 34.6 Å². The van der Waals surface area contributed by atoms with Crippen LogP contribution in [0.3, 0.4) is 0 Å². The van der Waals surface area contributed by atoms with E-state index in [1.165, 1.54) is 12.0 Å². The van der Waals surface area contributed by atoms with Crippen molar-refractivity contribution in [3.63, 3.8) is 0 Å². The number of carbonyl (C=O) groups excluding carboxylic acids is 2. The van der Waals surface area contributed by atoms with Crippen LogP contribution < -0.4 is 14.4 Å². The Morgan fingerprint density at radius 3 is 2.14 bits per heavy atom. The molecule has 2 amide bonds. The lowest BCUT2D eigenvalue weighted by atomic mass is 9.94. The highest BCUT2D eigenvalue weighted by molar-refractivity contribution is 7.92. The van der Waals surface area contributed by atoms with Gasteiger partial charge in [-0.3, -0.25) is 13.9 Å². The molecule has 0 bridgehead atoms. The summed E-state index contributed by atoms with van der Waals surface area (Å²) in [7, 11) is -2.38. The molecule has 0 aliphatic heterocycles. The van der Waals surface area contributed by atoms with E-state index < -0.39 is 28.5 Å². The SMILES string of the molecule is COc1ccc(N(CC(=O)N(Cc2c(Cl)cccc2Cl)[C@@H](Cc2ccccc2)C(=O)NC2CCCCC2)S(C)(=O)=O)cc1. The van der Waals surface area contributed by atoms with Gasteiger partial charge in [-0.05, 0) is 54.8 Å². The molecule has 11 heteroatoms. The molecule has 0 saturated heterocycles. The first-order valence-electron chi connectivity index (χ1n) is 14.2. The van der Waals surface area contributed by atoms with E-state index in [-0.39, 0.29) is 24.9 Å². The summed E-state index contributed by atoms with van der Waals surface area (Å²) < 4.78 is 32.2. The molecule has 1 N–H and O–H groups in total. The minimum absolute atomic E-state index is 0.00666. The molecule has 1 saturated carbocycles. The van der Waals surface area contributed by atoms with Crippen molar-refractivity contribution in [2.24, 2.45) is 0 Å². The van der Waals surface area contributed by atoms with E-state index in [9.17, 15) is 18.0 Å². The predicted octanol–water partition coefficient (Wildman–Crippen LogP) is 5.86. The van der Waals surface area contributed by atoms with Crippen molar-refractivity contribution in [1.82, 2.24) is 10.2 Å². The first-order chi connectivity index (χ1) is 20.6. The number of hydrogen-bond donors (Lipinski definition) is 1. The summed E-state index contributed by atoms with van der Waals surface area (Å²) in [5, 5.41) is 3.85. The zero-order valence-electron chi connectivity index (χ0n) is 24.3. The lowest BCUT2D eigenvalue weighted by Gasteiger charge is -2.35. The van der Waals surface area contributed by atoms with Crippen molar-refractivity contribution in [2.75, 3.05) is 24.2 Å². The second-order valence-corrected chi connectivity index (χ2v) is 13.5. The smallest absolute Gasteiger partial charge is 0.244 e. The maximum absolute atomic E-state index is 14.3. The summed E-state index contributed by atoms with van der Waals surface area (Å²) in [5.74, 6) is -0.333. The number of hydrogen-bond acceptors (Lipinski definition) is 5. The van der Waals surface area contributed by atoms with Crippen LogP contribution in [0.15, 0.2) is 72.8 Å². The Morgan fingerprint density at radius 1 is 0.930 bits per heavy atom. The third-order valence-corrected chi connectivity index (χ3v) is 9.50. The summed E-state index contributed by atoms with van der Waals surface area (Å²) in [5.41, 5.74) is 1.61. The van der Waals surface area contributed by atoms with E-state index >= 15 is 0 Å². The largest absolute Gasteiger partial charge is 0.497 e. The molecule has 8 nitrogen and oxygen atoms in total. The molecule has 0 heterocycles. The minimum atomic E-state index is -3.89. The molecule has 1 atom stereocenters. The zero-order chi connectivity index (χ0) is 31.0. The molecule has 0 spiro atoms. The van der Waals surface area contributed by atoms with Gasteiger partial charge in [-0.15, -0.1) is 0 Å². The van der Waals surface area contributed by atoms with Crippen molar-refractivity contribution < 1.29 is 22.7 Å². The van der Waals surface area contributed by atoms with E-state index in [1.54, 1.807) is 42.5 Å². The number of benzene rings is 3. The molecular weight excluding hydrogens is 609 g/mol. The van der Waals surface area contributed by atoms with Gasteiger partial charge >= 0.3 is 0 Å². The predicted molar refractivity (Wildman–Crippen MR) is 171 cm³/mol. The van der Waals surface area contributed by atoms with Gasteiger partial charge in [0.05, 0.1) is 19.1 Å². The maximum Gasteiger partial charge on any atom is 0.244 e. The molecule has 1 fully saturated rings. The first kappa shape index (κ1) is 32.6. The number of halogens is 2. The molecular formula is C32H37Cl2N3O5S. The molecule has 3 aromatic carbocycles. The van der Waals surface area contributed by atoms with Gasteiger partial charge in [-0.25, -0.2) is 8.42 Å². The van der Waals surface area contributed by atoms with E-state index in [0.29, 0.717) is 27.0 Å². The van der Waals surface area contributed by atoms with E-state index in [2.05, 4.69) is 5.32 Å². The van der Waals surface area contributed by atoms with E-state index in [4.69, 9.17) is 27.9 Å². The minimum Gasteiger partial charge on any atom is -0.497 e. The number of nitrogens with zero attached hydrogens (tertiary/aromatic N) is 2. The van der Waals surface area contributed by atoms with Crippen LogP contribution in [0.1, 0.15) is 43.2 Å². The van der Waals surface area contributed by atoms with Crippen LogP contribution in [0.4, 0.5) is 5.69 Å². The molecule has 1 aliphatic rings. The second-order valence-electron chi connectivity index (χ2n) is 10.7. The highest BCUT2D eigenvalue weighted by atomic mass is 35.5. The molecule has 0 unspecified atom stereocenters. The van der Waals surface area contributed by atoms with Gasteiger partial charge in [0.1, 0.15) is 18.3 Å². The Morgan fingerprint density at radius 2 is 1.56 bits per heavy atom. The van der Waals surface area contributed by atoms with Crippen LogP contribution in [0, 0.1) is 0 Å². The summed E-state index contributed by atoms with van der Waals surface area (Å²) in [6.45, 7) is -0.623. The molecule has 4 rings (SSSR count). The average Bonchev–Trinajstić information content (AvgIpc) is 2.99. The number of carbonyl (C=O) groups is 2. The molecule has 43 heavy (non-hydrogen) atoms. The first-order valence-corrected chi connectivity index (χ1v) is 16.9. The van der Waals surface area contributed by atoms with Crippen LogP contribution in [0.2, 0.25) is 10.0 Å². The standard InChI is InChI=1S/C32H37Cl2N3O5S/c1-42-26-18-16-25(17-19-26)37(43(2,40)41)22-31(38)36(21-27-28(33)14-9-15-29(27)34)30(20-23-10-5-3-6-11-23)32(39)35-24-12-7-4-8-13-24/h3,5-6,9-11,14-19,24,30H,4,7-8,12-13,20-22H2,1-2H3,(H,35,39)/t30-/m0/s1. The summed E-state index contributed by atoms with van der Waals surface area (Å²) in [6.07, 6.45) is 6.17. The summed E-state index contributed by atoms with van der Waals surface area (Å²) >= 11 is 13.1. The molecule has 230 valence electrons. The quantitative estimate of drug-likeness (QED) is 0.266. The van der Waals surface area contributed by atoms with Crippen molar-refractivity contribution in [3.8, 4) is 5.75 Å². The van der Waals surface area contributed by atoms with E-state index in [1.807, 2.05) is 30.3 Å². The number of nitrogens with one attached hydrogen (secondary N) is 1. The van der Waals surface area contributed by atoms with Gasteiger partial charge in [0.15, 0.2) is 0 Å². The molecule has 1 aliphatic carbocycles. The van der Waals surface area contributed by atoms with Gasteiger partial charge in [-0.2, -0.15) is 0 Å². The molecule has 0 aromatic heterocycles. The maximum atomic E-state index is 14.3. The number of ether oxygens (including phenoxy) is 1. The van der Waals surface area contributed by atoms with E-state index in [0.717, 1.165) is 48.2 Å². The van der Waals surface area contributed by atoms with Crippen LogP contribution >= 0.6 is 23.2 Å². The van der Waals surface area contributed by atoms with Crippen LogP contribution in [0.25, 0.3) is 0 Å². The van der Waals surface area contributed by atoms with Crippen LogP contribution in [-0.4, -0.2) is 57.1 Å². The lowest BCUT2D eigenvalue weighted by molar-refractivity contribution is -0.140. The summed E-state index contributed by atoms with van der Waals surface area (Å²) in [4.78, 5) is 29.7. The fraction of sp³-hybridized carbons (Fsp3) is 0.375. The zero-order valence-corrected chi connectivity index (χ0v) is 26.7.